The Hall–Kier alpha value is -4.00. The quantitative estimate of drug-likeness (QED) is 0.440. The second-order valence-electron chi connectivity index (χ2n) is 6.89. The fraction of sp³-hybridized carbons (Fsp3) is 0.0455. The molecular weight excluding hydrogens is 369 g/mol. The van der Waals surface area contributed by atoms with Crippen molar-refractivity contribution in [2.24, 2.45) is 0 Å². The van der Waals surface area contributed by atoms with Crippen molar-refractivity contribution in [3.8, 4) is 11.1 Å². The van der Waals surface area contributed by atoms with Crippen LogP contribution in [0.2, 0.25) is 0 Å². The third-order valence-electron chi connectivity index (χ3n) is 4.99. The van der Waals surface area contributed by atoms with Gasteiger partial charge in [0, 0.05) is 17.4 Å². The van der Waals surface area contributed by atoms with Crippen LogP contribution in [0.5, 0.6) is 0 Å². The molecule has 0 bridgehead atoms. The number of nitrogen functional groups attached to an aromatic ring is 1. The lowest BCUT2D eigenvalue weighted by atomic mass is 9.98. The predicted molar refractivity (Wildman–Crippen MR) is 111 cm³/mol. The summed E-state index contributed by atoms with van der Waals surface area (Å²) in [4.78, 5) is 19.2. The van der Waals surface area contributed by atoms with Crippen LogP contribution in [0.4, 0.5) is 10.3 Å². The molecule has 0 saturated carbocycles. The maximum absolute atomic E-state index is 14.6. The molecule has 29 heavy (non-hydrogen) atoms. The van der Waals surface area contributed by atoms with Gasteiger partial charge in [0.1, 0.15) is 5.82 Å². The SMILES string of the molecule is Nc1nc2cc(-c3cc(Cc4n[nH]c(=O)c5ccccc45)ccc3F)ccc2[nH]1. The highest BCUT2D eigenvalue weighted by atomic mass is 19.1. The zero-order valence-corrected chi connectivity index (χ0v) is 15.2. The molecule has 0 aliphatic carbocycles. The van der Waals surface area contributed by atoms with Crippen LogP contribution in [0.15, 0.2) is 65.5 Å². The van der Waals surface area contributed by atoms with Gasteiger partial charge in [-0.05, 0) is 41.5 Å². The average Bonchev–Trinajstić information content (AvgIpc) is 3.11. The van der Waals surface area contributed by atoms with Crippen LogP contribution in [-0.4, -0.2) is 20.2 Å². The van der Waals surface area contributed by atoms with E-state index in [1.165, 1.54) is 6.07 Å². The van der Waals surface area contributed by atoms with Gasteiger partial charge in [-0.1, -0.05) is 30.3 Å². The molecule has 0 aliphatic rings. The number of nitrogens with one attached hydrogen (secondary N) is 2. The molecular formula is C22H16FN5O. The number of hydrogen-bond donors (Lipinski definition) is 3. The van der Waals surface area contributed by atoms with Gasteiger partial charge in [0.15, 0.2) is 5.95 Å². The highest BCUT2D eigenvalue weighted by Gasteiger charge is 2.12. The molecule has 4 N–H and O–H groups in total. The summed E-state index contributed by atoms with van der Waals surface area (Å²) in [5, 5.41) is 8.12. The molecule has 142 valence electrons. The summed E-state index contributed by atoms with van der Waals surface area (Å²) >= 11 is 0. The van der Waals surface area contributed by atoms with Crippen molar-refractivity contribution < 1.29 is 4.39 Å². The Bertz CT molecular complexity index is 1440. The van der Waals surface area contributed by atoms with Gasteiger partial charge < -0.3 is 10.7 Å². The molecule has 0 fully saturated rings. The first-order valence-electron chi connectivity index (χ1n) is 9.09. The lowest BCUT2D eigenvalue weighted by Crippen LogP contribution is -2.11. The summed E-state index contributed by atoms with van der Waals surface area (Å²) < 4.78 is 14.6. The molecule has 6 nitrogen and oxygen atoms in total. The number of aromatic amines is 2. The van der Waals surface area contributed by atoms with Crippen molar-refractivity contribution in [2.75, 3.05) is 5.73 Å². The molecule has 0 saturated heterocycles. The van der Waals surface area contributed by atoms with Crippen molar-refractivity contribution in [1.29, 1.82) is 0 Å². The minimum absolute atomic E-state index is 0.226. The number of aromatic nitrogens is 4. The molecule has 0 unspecified atom stereocenters. The van der Waals surface area contributed by atoms with E-state index in [0.29, 0.717) is 34.4 Å². The van der Waals surface area contributed by atoms with Gasteiger partial charge in [-0.2, -0.15) is 5.10 Å². The number of imidazole rings is 1. The van der Waals surface area contributed by atoms with E-state index in [2.05, 4.69) is 20.2 Å². The molecule has 0 radical (unpaired) electrons. The van der Waals surface area contributed by atoms with Gasteiger partial charge in [0.2, 0.25) is 0 Å². The zero-order chi connectivity index (χ0) is 20.0. The highest BCUT2D eigenvalue weighted by Crippen LogP contribution is 2.28. The Kier molecular flexibility index (Phi) is 3.87. The number of nitrogens with two attached hydrogens (primary N) is 1. The van der Waals surface area contributed by atoms with Crippen molar-refractivity contribution in [2.45, 2.75) is 6.42 Å². The number of hydrogen-bond acceptors (Lipinski definition) is 4. The summed E-state index contributed by atoms with van der Waals surface area (Å²) in [5.74, 6) is -0.00158. The van der Waals surface area contributed by atoms with Crippen molar-refractivity contribution >= 4 is 27.8 Å². The minimum atomic E-state index is -0.323. The zero-order valence-electron chi connectivity index (χ0n) is 15.2. The van der Waals surface area contributed by atoms with Gasteiger partial charge >= 0.3 is 0 Å². The van der Waals surface area contributed by atoms with Crippen LogP contribution in [-0.2, 0) is 6.42 Å². The van der Waals surface area contributed by atoms with E-state index in [0.717, 1.165) is 22.2 Å². The average molecular weight is 385 g/mol. The molecule has 7 heteroatoms. The second-order valence-corrected chi connectivity index (χ2v) is 6.89. The third-order valence-corrected chi connectivity index (χ3v) is 4.99. The van der Waals surface area contributed by atoms with Crippen LogP contribution in [0.25, 0.3) is 32.9 Å². The molecule has 0 aliphatic heterocycles. The largest absolute Gasteiger partial charge is 0.369 e. The van der Waals surface area contributed by atoms with E-state index in [1.807, 2.05) is 30.3 Å². The number of anilines is 1. The fourth-order valence-electron chi connectivity index (χ4n) is 3.60. The molecule has 2 heterocycles. The molecule has 2 aromatic heterocycles. The van der Waals surface area contributed by atoms with E-state index in [9.17, 15) is 9.18 Å². The smallest absolute Gasteiger partial charge is 0.272 e. The molecule has 3 aromatic carbocycles. The summed E-state index contributed by atoms with van der Waals surface area (Å²) in [6, 6.07) is 17.8. The molecule has 5 aromatic rings. The minimum Gasteiger partial charge on any atom is -0.369 e. The number of H-pyrrole nitrogens is 2. The Labute approximate surface area is 164 Å². The van der Waals surface area contributed by atoms with Crippen LogP contribution in [0.1, 0.15) is 11.3 Å². The Balaban J connectivity index is 1.58. The number of halogens is 1. The Morgan fingerprint density at radius 1 is 1.00 bits per heavy atom. The molecule has 0 atom stereocenters. The second kappa shape index (κ2) is 6.56. The maximum Gasteiger partial charge on any atom is 0.272 e. The third kappa shape index (κ3) is 3.02. The van der Waals surface area contributed by atoms with Crippen molar-refractivity contribution in [3.63, 3.8) is 0 Å². The van der Waals surface area contributed by atoms with Gasteiger partial charge in [0.05, 0.1) is 22.1 Å². The van der Waals surface area contributed by atoms with E-state index in [1.54, 1.807) is 24.3 Å². The van der Waals surface area contributed by atoms with Gasteiger partial charge in [0.25, 0.3) is 5.56 Å². The van der Waals surface area contributed by atoms with Crippen LogP contribution in [0.3, 0.4) is 0 Å². The fourth-order valence-corrected chi connectivity index (χ4v) is 3.60. The predicted octanol–water partition coefficient (Wildman–Crippen LogP) is 3.78. The maximum atomic E-state index is 14.6. The lowest BCUT2D eigenvalue weighted by molar-refractivity contribution is 0.630. The normalized spacial score (nSPS) is 11.3. The van der Waals surface area contributed by atoms with Gasteiger partial charge in [-0.3, -0.25) is 4.79 Å². The number of benzene rings is 3. The lowest BCUT2D eigenvalue weighted by Gasteiger charge is -2.09. The molecule has 0 amide bonds. The van der Waals surface area contributed by atoms with E-state index in [-0.39, 0.29) is 11.4 Å². The van der Waals surface area contributed by atoms with E-state index < -0.39 is 0 Å². The van der Waals surface area contributed by atoms with Crippen LogP contribution in [0, 0.1) is 5.82 Å². The Morgan fingerprint density at radius 3 is 2.69 bits per heavy atom. The summed E-state index contributed by atoms with van der Waals surface area (Å²) in [5.41, 5.74) is 9.75. The number of fused-ring (bicyclic) bond motifs is 2. The number of nitrogens with zero attached hydrogens (tertiary/aromatic N) is 2. The first-order valence-corrected chi connectivity index (χ1v) is 9.09. The van der Waals surface area contributed by atoms with Gasteiger partial charge in [-0.25, -0.2) is 14.5 Å². The molecule has 5 rings (SSSR count). The van der Waals surface area contributed by atoms with E-state index >= 15 is 0 Å². The summed E-state index contributed by atoms with van der Waals surface area (Å²) in [7, 11) is 0. The first kappa shape index (κ1) is 17.1. The summed E-state index contributed by atoms with van der Waals surface area (Å²) in [6.45, 7) is 0. The monoisotopic (exact) mass is 385 g/mol. The topological polar surface area (TPSA) is 100 Å². The first-order chi connectivity index (χ1) is 14.1. The molecule has 0 spiro atoms. The Morgan fingerprint density at radius 2 is 1.83 bits per heavy atom. The standard InChI is InChI=1S/C22H16FN5O/c23-17-7-5-12(10-19-14-3-1-2-4-15(14)21(29)28-27-19)9-16(17)13-6-8-18-20(11-13)26-22(24)25-18/h1-9,11H,10H2,(H,28,29)(H3,24,25,26). The highest BCUT2D eigenvalue weighted by molar-refractivity contribution is 5.85. The van der Waals surface area contributed by atoms with Gasteiger partial charge in [-0.15, -0.1) is 0 Å². The van der Waals surface area contributed by atoms with Crippen LogP contribution < -0.4 is 11.3 Å². The van der Waals surface area contributed by atoms with E-state index in [4.69, 9.17) is 5.73 Å². The summed E-state index contributed by atoms with van der Waals surface area (Å²) in [6.07, 6.45) is 0.460. The number of rotatable bonds is 3. The van der Waals surface area contributed by atoms with Crippen molar-refractivity contribution in [3.05, 3.63) is 88.1 Å². The van der Waals surface area contributed by atoms with Crippen LogP contribution >= 0.6 is 0 Å². The van der Waals surface area contributed by atoms with Crippen molar-refractivity contribution in [1.82, 2.24) is 20.2 Å².